The minimum Gasteiger partial charge on any atom is -0.394 e. The van der Waals surface area contributed by atoms with Crippen LogP contribution in [0, 0.1) is 0 Å². The topological polar surface area (TPSA) is 117 Å². The van der Waals surface area contributed by atoms with Gasteiger partial charge in [-0.15, -0.1) is 0 Å². The number of hydrogen-bond acceptors (Lipinski definition) is 6. The first-order chi connectivity index (χ1) is 6.99. The number of rotatable bonds is 2. The molecule has 0 aliphatic carbocycles. The van der Waals surface area contributed by atoms with Crippen molar-refractivity contribution in [2.75, 3.05) is 6.61 Å². The lowest BCUT2D eigenvalue weighted by Crippen LogP contribution is -2.63. The summed E-state index contributed by atoms with van der Waals surface area (Å²) >= 11 is 0. The number of nitrogens with two attached hydrogens (primary N) is 1. The minimum absolute atomic E-state index is 0.284. The molecule has 0 spiro atoms. The van der Waals surface area contributed by atoms with Gasteiger partial charge < -0.3 is 30.7 Å². The van der Waals surface area contributed by atoms with Crippen LogP contribution in [-0.4, -0.2) is 53.0 Å². The van der Waals surface area contributed by atoms with Gasteiger partial charge in [0.2, 0.25) is 11.7 Å². The lowest BCUT2D eigenvalue weighted by molar-refractivity contribution is -0.138. The maximum absolute atomic E-state index is 10.9. The Hall–Kier alpha value is -0.730. The van der Waals surface area contributed by atoms with Crippen LogP contribution in [0.2, 0.25) is 0 Å². The summed E-state index contributed by atoms with van der Waals surface area (Å²) in [5.41, 5.74) is 5.61. The number of aliphatic hydroxyl groups excluding tert-OH is 1. The van der Waals surface area contributed by atoms with E-state index in [1.54, 1.807) is 0 Å². The van der Waals surface area contributed by atoms with Gasteiger partial charge in [0.15, 0.2) is 0 Å². The summed E-state index contributed by atoms with van der Waals surface area (Å²) in [7, 11) is 0. The Morgan fingerprint density at radius 2 is 2.33 bits per heavy atom. The van der Waals surface area contributed by atoms with Crippen LogP contribution in [0.15, 0.2) is 0 Å². The Bertz CT molecular complexity index is 286. The van der Waals surface area contributed by atoms with E-state index in [9.17, 15) is 9.90 Å². The molecule has 7 nitrogen and oxygen atoms in total. The lowest BCUT2D eigenvalue weighted by atomic mass is 9.99. The van der Waals surface area contributed by atoms with Crippen LogP contribution in [0.4, 0.5) is 0 Å². The third-order valence-electron chi connectivity index (χ3n) is 2.65. The SMILES string of the molecule is CC(=O)N[C@H]1[C@H](N)O[C@H](CO)[C@H]2O[C@]21O. The summed E-state index contributed by atoms with van der Waals surface area (Å²) in [4.78, 5) is 10.9. The van der Waals surface area contributed by atoms with Crippen LogP contribution in [0.3, 0.4) is 0 Å². The van der Waals surface area contributed by atoms with Crippen LogP contribution in [-0.2, 0) is 14.3 Å². The van der Waals surface area contributed by atoms with Crippen molar-refractivity contribution in [3.05, 3.63) is 0 Å². The molecule has 2 fully saturated rings. The fourth-order valence-electron chi connectivity index (χ4n) is 1.89. The van der Waals surface area contributed by atoms with E-state index in [0.717, 1.165) is 0 Å². The lowest BCUT2D eigenvalue weighted by Gasteiger charge is -2.33. The second kappa shape index (κ2) is 3.39. The van der Waals surface area contributed by atoms with Crippen LogP contribution >= 0.6 is 0 Å². The molecule has 15 heavy (non-hydrogen) atoms. The van der Waals surface area contributed by atoms with Gasteiger partial charge in [0.1, 0.15) is 24.5 Å². The van der Waals surface area contributed by atoms with Gasteiger partial charge >= 0.3 is 0 Å². The van der Waals surface area contributed by atoms with Crippen LogP contribution in [0.1, 0.15) is 6.92 Å². The van der Waals surface area contributed by atoms with Crippen molar-refractivity contribution in [2.24, 2.45) is 5.73 Å². The molecular formula is C8H14N2O5. The summed E-state index contributed by atoms with van der Waals surface area (Å²) in [6.07, 6.45) is -2.16. The zero-order valence-corrected chi connectivity index (χ0v) is 8.21. The quantitative estimate of drug-likeness (QED) is 0.373. The van der Waals surface area contributed by atoms with Gasteiger partial charge in [-0.2, -0.15) is 0 Å². The van der Waals surface area contributed by atoms with Gasteiger partial charge in [-0.3, -0.25) is 4.79 Å². The molecule has 5 N–H and O–H groups in total. The molecular weight excluding hydrogens is 204 g/mol. The maximum atomic E-state index is 10.9. The van der Waals surface area contributed by atoms with Gasteiger partial charge in [-0.1, -0.05) is 0 Å². The largest absolute Gasteiger partial charge is 0.394 e. The molecule has 5 atom stereocenters. The van der Waals surface area contributed by atoms with Gasteiger partial charge in [-0.05, 0) is 0 Å². The number of ether oxygens (including phenoxy) is 2. The van der Waals surface area contributed by atoms with E-state index >= 15 is 0 Å². The van der Waals surface area contributed by atoms with E-state index in [0.29, 0.717) is 0 Å². The highest BCUT2D eigenvalue weighted by molar-refractivity contribution is 5.73. The van der Waals surface area contributed by atoms with Gasteiger partial charge in [0.05, 0.1) is 6.61 Å². The monoisotopic (exact) mass is 218 g/mol. The number of epoxide rings is 1. The molecule has 0 unspecified atom stereocenters. The predicted octanol–water partition coefficient (Wildman–Crippen LogP) is -2.75. The third kappa shape index (κ3) is 1.62. The van der Waals surface area contributed by atoms with Crippen molar-refractivity contribution in [1.29, 1.82) is 0 Å². The fourth-order valence-corrected chi connectivity index (χ4v) is 1.89. The van der Waals surface area contributed by atoms with E-state index < -0.39 is 30.3 Å². The molecule has 7 heteroatoms. The molecule has 0 radical (unpaired) electrons. The molecule has 0 aromatic heterocycles. The molecule has 0 bridgehead atoms. The second-order valence-electron chi connectivity index (χ2n) is 3.79. The number of amides is 1. The molecule has 0 aromatic rings. The molecule has 2 rings (SSSR count). The normalized spacial score (nSPS) is 48.3. The van der Waals surface area contributed by atoms with Crippen molar-refractivity contribution in [3.63, 3.8) is 0 Å². The Kier molecular flexibility index (Phi) is 2.44. The Morgan fingerprint density at radius 1 is 1.67 bits per heavy atom. The van der Waals surface area contributed by atoms with E-state index in [1.165, 1.54) is 6.92 Å². The number of nitrogens with one attached hydrogen (secondary N) is 1. The number of hydrogen-bond donors (Lipinski definition) is 4. The van der Waals surface area contributed by atoms with E-state index in [4.69, 9.17) is 20.3 Å². The highest BCUT2D eigenvalue weighted by Gasteiger charge is 2.69. The van der Waals surface area contributed by atoms with Gasteiger partial charge in [0, 0.05) is 6.92 Å². The molecule has 1 amide bonds. The van der Waals surface area contributed by atoms with Gasteiger partial charge in [0.25, 0.3) is 0 Å². The first-order valence-corrected chi connectivity index (χ1v) is 4.68. The number of fused-ring (bicyclic) bond motifs is 1. The second-order valence-corrected chi connectivity index (χ2v) is 3.79. The smallest absolute Gasteiger partial charge is 0.220 e. The van der Waals surface area contributed by atoms with E-state index in [1.807, 2.05) is 0 Å². The molecule has 86 valence electrons. The highest BCUT2D eigenvalue weighted by atomic mass is 16.8. The third-order valence-corrected chi connectivity index (χ3v) is 2.65. The van der Waals surface area contributed by atoms with Crippen molar-refractivity contribution in [1.82, 2.24) is 5.32 Å². The Labute approximate surface area is 86.1 Å². The molecule has 0 saturated carbocycles. The Balaban J connectivity index is 2.10. The minimum atomic E-state index is -1.50. The molecule has 2 aliphatic heterocycles. The summed E-state index contributed by atoms with van der Waals surface area (Å²) < 4.78 is 10.2. The average Bonchev–Trinajstić information content (AvgIpc) is 2.83. The molecule has 2 aliphatic rings. The zero-order valence-electron chi connectivity index (χ0n) is 8.21. The van der Waals surface area contributed by atoms with E-state index in [-0.39, 0.29) is 12.5 Å². The summed E-state index contributed by atoms with van der Waals surface area (Å²) in [6.45, 7) is 1.03. The summed E-state index contributed by atoms with van der Waals surface area (Å²) in [5.74, 6) is -1.83. The van der Waals surface area contributed by atoms with Gasteiger partial charge in [-0.25, -0.2) is 0 Å². The van der Waals surface area contributed by atoms with Crippen LogP contribution in [0.25, 0.3) is 0 Å². The van der Waals surface area contributed by atoms with Crippen molar-refractivity contribution < 1.29 is 24.5 Å². The Morgan fingerprint density at radius 3 is 2.87 bits per heavy atom. The van der Waals surface area contributed by atoms with E-state index in [2.05, 4.69) is 5.32 Å². The molecule has 0 aromatic carbocycles. The first-order valence-electron chi connectivity index (χ1n) is 4.68. The highest BCUT2D eigenvalue weighted by Crippen LogP contribution is 2.44. The van der Waals surface area contributed by atoms with Crippen molar-refractivity contribution >= 4 is 5.91 Å². The maximum Gasteiger partial charge on any atom is 0.220 e. The van der Waals surface area contributed by atoms with Crippen LogP contribution in [0.5, 0.6) is 0 Å². The number of aliphatic hydroxyl groups is 2. The molecule has 2 saturated heterocycles. The molecule has 2 heterocycles. The summed E-state index contributed by atoms with van der Waals surface area (Å²) in [5, 5.41) is 21.3. The standard InChI is InChI=1S/C8H14N2O5/c1-3(12)10-5-7(9)14-4(2-11)6-8(5,13)15-6/h4-7,11,13H,2,9H2,1H3,(H,10,12)/t4-,5+,6-,7-,8+/m1/s1. The number of carbonyl (C=O) groups is 1. The predicted molar refractivity (Wildman–Crippen MR) is 47.4 cm³/mol. The average molecular weight is 218 g/mol. The first kappa shape index (κ1) is 10.8. The zero-order chi connectivity index (χ0) is 11.2. The summed E-state index contributed by atoms with van der Waals surface area (Å²) in [6, 6.07) is -0.803. The number of carbonyl (C=O) groups excluding carboxylic acids is 1. The van der Waals surface area contributed by atoms with Crippen LogP contribution < -0.4 is 11.1 Å². The van der Waals surface area contributed by atoms with Crippen molar-refractivity contribution in [3.8, 4) is 0 Å². The fraction of sp³-hybridized carbons (Fsp3) is 0.875. The van der Waals surface area contributed by atoms with Crippen molar-refractivity contribution in [2.45, 2.75) is 37.2 Å².